The molecular weight excluding hydrogens is 594 g/mol. The van der Waals surface area contributed by atoms with Gasteiger partial charge in [0.05, 0.1) is 6.61 Å². The minimum absolute atomic E-state index is 0.0204. The number of nitrogens with zero attached hydrogens (tertiary/aromatic N) is 2. The van der Waals surface area contributed by atoms with Crippen molar-refractivity contribution in [2.24, 2.45) is 5.41 Å². The Morgan fingerprint density at radius 1 is 1.09 bits per heavy atom. The Kier molecular flexibility index (Phi) is 20.3. The summed E-state index contributed by atoms with van der Waals surface area (Å²) in [7, 11) is 3.26. The second-order valence-electron chi connectivity index (χ2n) is 11.5. The van der Waals surface area contributed by atoms with Crippen LogP contribution in [-0.2, 0) is 25.7 Å². The van der Waals surface area contributed by atoms with Crippen molar-refractivity contribution in [2.45, 2.75) is 99.0 Å². The highest BCUT2D eigenvalue weighted by atomic mass is 19.2. The van der Waals surface area contributed by atoms with Gasteiger partial charge in [0.15, 0.2) is 11.6 Å². The molecule has 2 aliphatic rings. The molecule has 0 bridgehead atoms. The fourth-order valence-corrected chi connectivity index (χ4v) is 4.72. The summed E-state index contributed by atoms with van der Waals surface area (Å²) >= 11 is 0. The SMILES string of the molecule is CC.CC.COCc1ccccc1.C[C@@H](C(=O)NC(C(=O)N1CCC2NCCC21)C(C)(C)C)N(C)C=O.Oc1ccc(F)c(F)c1. The maximum absolute atomic E-state index is 13.1. The van der Waals surface area contributed by atoms with Gasteiger partial charge in [-0.3, -0.25) is 14.4 Å². The normalized spacial score (nSPS) is 17.4. The van der Waals surface area contributed by atoms with Crippen LogP contribution in [0.15, 0.2) is 48.5 Å². The van der Waals surface area contributed by atoms with Gasteiger partial charge >= 0.3 is 0 Å². The Hall–Kier alpha value is -3.57. The maximum atomic E-state index is 13.1. The number of halogens is 2. The van der Waals surface area contributed by atoms with Gasteiger partial charge in [0.2, 0.25) is 18.2 Å². The first-order chi connectivity index (χ1) is 21.8. The number of ether oxygens (including phenoxy) is 1. The van der Waals surface area contributed by atoms with Gasteiger partial charge in [0, 0.05) is 38.9 Å². The second-order valence-corrected chi connectivity index (χ2v) is 11.5. The molecule has 0 radical (unpaired) electrons. The molecule has 260 valence electrons. The summed E-state index contributed by atoms with van der Waals surface area (Å²) in [6.07, 6.45) is 2.55. The number of phenolic OH excluding ortho intramolecular Hbond substituents is 1. The molecule has 0 spiro atoms. The molecule has 11 heteroatoms. The quantitative estimate of drug-likeness (QED) is 0.341. The van der Waals surface area contributed by atoms with Gasteiger partial charge in [-0.15, -0.1) is 0 Å². The summed E-state index contributed by atoms with van der Waals surface area (Å²) < 4.78 is 29.0. The second kappa shape index (κ2) is 22.0. The molecular formula is C35H56F2N4O5. The van der Waals surface area contributed by atoms with Gasteiger partial charge in [-0.2, -0.15) is 0 Å². The van der Waals surface area contributed by atoms with Crippen molar-refractivity contribution in [3.05, 3.63) is 65.7 Å². The van der Waals surface area contributed by atoms with Crippen LogP contribution >= 0.6 is 0 Å². The van der Waals surface area contributed by atoms with Crippen molar-refractivity contribution < 1.29 is 33.0 Å². The monoisotopic (exact) mass is 650 g/mol. The molecule has 4 rings (SSSR count). The third-order valence-corrected chi connectivity index (χ3v) is 7.29. The van der Waals surface area contributed by atoms with E-state index in [4.69, 9.17) is 9.84 Å². The molecule has 2 aromatic carbocycles. The van der Waals surface area contributed by atoms with Crippen LogP contribution in [0.3, 0.4) is 0 Å². The van der Waals surface area contributed by atoms with Gasteiger partial charge in [-0.25, -0.2) is 8.78 Å². The number of aromatic hydroxyl groups is 1. The number of amides is 3. The Bertz CT molecular complexity index is 1160. The largest absolute Gasteiger partial charge is 0.508 e. The average molecular weight is 651 g/mol. The third kappa shape index (κ3) is 13.8. The summed E-state index contributed by atoms with van der Waals surface area (Å²) in [5.41, 5.74) is 0.816. The standard InChI is InChI=1S/C17H30N4O3.C8H10O.C6H4F2O.2C2H6/c1-11(20(5)10-22)15(23)19-14(17(2,3)4)16(24)21-9-7-12-13(21)6-8-18-12;1-9-7-8-5-3-2-4-6-8;7-5-2-1-4(9)3-6(5)8;2*1-2/h10-14,18H,6-9H2,1-5H3,(H,19,23);2-6H,7H2,1H3;1-3,9H;2*1-2H3/t11-,12?,13?,14?;;;;/m0..../s1. The van der Waals surface area contributed by atoms with Crippen LogP contribution in [0.5, 0.6) is 5.75 Å². The number of hydrogen-bond acceptors (Lipinski definition) is 6. The van der Waals surface area contributed by atoms with E-state index in [2.05, 4.69) is 10.6 Å². The van der Waals surface area contributed by atoms with Gasteiger partial charge in [-0.05, 0) is 49.4 Å². The minimum atomic E-state index is -1.03. The van der Waals surface area contributed by atoms with E-state index in [1.165, 1.54) is 10.5 Å². The molecule has 4 atom stereocenters. The van der Waals surface area contributed by atoms with E-state index in [0.29, 0.717) is 19.1 Å². The number of phenols is 1. The van der Waals surface area contributed by atoms with Gasteiger partial charge in [0.25, 0.3) is 0 Å². The summed E-state index contributed by atoms with van der Waals surface area (Å²) in [4.78, 5) is 39.7. The molecule has 0 aromatic heterocycles. The number of carbonyl (C=O) groups is 3. The Labute approximate surface area is 274 Å². The molecule has 9 nitrogen and oxygen atoms in total. The first-order valence-corrected chi connectivity index (χ1v) is 16.0. The van der Waals surface area contributed by atoms with Gasteiger partial charge < -0.3 is 30.3 Å². The third-order valence-electron chi connectivity index (χ3n) is 7.29. The van der Waals surface area contributed by atoms with Crippen LogP contribution in [0.1, 0.15) is 73.8 Å². The fraction of sp³-hybridized carbons (Fsp3) is 0.571. The van der Waals surface area contributed by atoms with Crippen LogP contribution in [0, 0.1) is 17.0 Å². The topological polar surface area (TPSA) is 111 Å². The smallest absolute Gasteiger partial charge is 0.245 e. The predicted molar refractivity (Wildman–Crippen MR) is 179 cm³/mol. The Balaban J connectivity index is 0.000000751. The predicted octanol–water partition coefficient (Wildman–Crippen LogP) is 5.51. The van der Waals surface area contributed by atoms with Crippen molar-refractivity contribution >= 4 is 18.2 Å². The van der Waals surface area contributed by atoms with Crippen LogP contribution in [0.4, 0.5) is 8.78 Å². The molecule has 2 heterocycles. The number of methoxy groups -OCH3 is 1. The fourth-order valence-electron chi connectivity index (χ4n) is 4.72. The molecule has 46 heavy (non-hydrogen) atoms. The summed E-state index contributed by atoms with van der Waals surface area (Å²) in [6, 6.07) is 12.2. The van der Waals surface area contributed by atoms with Crippen molar-refractivity contribution in [2.75, 3.05) is 27.2 Å². The number of likely N-dealkylation sites (tertiary alicyclic amines) is 1. The highest BCUT2D eigenvalue weighted by Gasteiger charge is 2.44. The summed E-state index contributed by atoms with van der Waals surface area (Å²) in [5.74, 6) is -2.58. The average Bonchev–Trinajstić information content (AvgIpc) is 3.68. The van der Waals surface area contributed by atoms with E-state index in [9.17, 15) is 23.2 Å². The molecule has 0 saturated carbocycles. The molecule has 3 N–H and O–H groups in total. The number of rotatable bonds is 7. The highest BCUT2D eigenvalue weighted by Crippen LogP contribution is 2.29. The van der Waals surface area contributed by atoms with Crippen LogP contribution in [-0.4, -0.2) is 84.5 Å². The van der Waals surface area contributed by atoms with E-state index < -0.39 is 29.1 Å². The van der Waals surface area contributed by atoms with Crippen molar-refractivity contribution in [3.63, 3.8) is 0 Å². The number of hydrogen-bond donors (Lipinski definition) is 3. The molecule has 2 saturated heterocycles. The van der Waals surface area contributed by atoms with E-state index in [1.807, 2.05) is 83.7 Å². The number of benzene rings is 2. The molecule has 2 fully saturated rings. The lowest BCUT2D eigenvalue weighted by Gasteiger charge is -2.36. The number of likely N-dealkylation sites (N-methyl/N-ethyl adjacent to an activating group) is 1. The minimum Gasteiger partial charge on any atom is -0.508 e. The number of nitrogens with one attached hydrogen (secondary N) is 2. The Morgan fingerprint density at radius 2 is 1.70 bits per heavy atom. The van der Waals surface area contributed by atoms with E-state index in [0.717, 1.165) is 44.1 Å². The number of carbonyl (C=O) groups excluding carboxylic acids is 3. The molecule has 2 aliphatic heterocycles. The maximum Gasteiger partial charge on any atom is 0.245 e. The first kappa shape index (κ1) is 42.4. The highest BCUT2D eigenvalue weighted by molar-refractivity contribution is 5.91. The van der Waals surface area contributed by atoms with E-state index in [-0.39, 0.29) is 23.6 Å². The van der Waals surface area contributed by atoms with Crippen LogP contribution < -0.4 is 10.6 Å². The van der Waals surface area contributed by atoms with E-state index >= 15 is 0 Å². The van der Waals surface area contributed by atoms with Crippen molar-refractivity contribution in [3.8, 4) is 5.75 Å². The molecule has 3 amide bonds. The molecule has 0 aliphatic carbocycles. The lowest BCUT2D eigenvalue weighted by atomic mass is 9.85. The molecule has 2 aromatic rings. The van der Waals surface area contributed by atoms with Gasteiger partial charge in [0.1, 0.15) is 17.8 Å². The Morgan fingerprint density at radius 3 is 2.20 bits per heavy atom. The van der Waals surface area contributed by atoms with Gasteiger partial charge in [-0.1, -0.05) is 78.8 Å². The summed E-state index contributed by atoms with van der Waals surface area (Å²) in [6.45, 7) is 17.9. The molecule has 3 unspecified atom stereocenters. The zero-order chi connectivity index (χ0) is 35.4. The van der Waals surface area contributed by atoms with Crippen LogP contribution in [0.2, 0.25) is 0 Å². The van der Waals surface area contributed by atoms with Crippen LogP contribution in [0.25, 0.3) is 0 Å². The number of fused-ring (bicyclic) bond motifs is 1. The zero-order valence-corrected chi connectivity index (χ0v) is 29.3. The first-order valence-electron chi connectivity index (χ1n) is 16.0. The lowest BCUT2D eigenvalue weighted by Crippen LogP contribution is -2.58. The van der Waals surface area contributed by atoms with Crippen molar-refractivity contribution in [1.29, 1.82) is 0 Å². The zero-order valence-electron chi connectivity index (χ0n) is 29.3. The lowest BCUT2D eigenvalue weighted by molar-refractivity contribution is -0.141. The summed E-state index contributed by atoms with van der Waals surface area (Å²) in [5, 5.41) is 14.8. The van der Waals surface area contributed by atoms with Crippen molar-refractivity contribution in [1.82, 2.24) is 20.4 Å². The van der Waals surface area contributed by atoms with E-state index in [1.54, 1.807) is 21.1 Å².